The van der Waals surface area contributed by atoms with E-state index < -0.39 is 12.0 Å². The van der Waals surface area contributed by atoms with Crippen LogP contribution in [0.3, 0.4) is 0 Å². The first kappa shape index (κ1) is 11.2. The molecule has 0 aliphatic carbocycles. The van der Waals surface area contributed by atoms with Crippen molar-refractivity contribution in [3.63, 3.8) is 0 Å². The summed E-state index contributed by atoms with van der Waals surface area (Å²) in [6.07, 6.45) is 3.34. The van der Waals surface area contributed by atoms with E-state index in [-0.39, 0.29) is 23.5 Å². The molecule has 0 radical (unpaired) electrons. The van der Waals surface area contributed by atoms with Crippen LogP contribution in [-0.4, -0.2) is 27.1 Å². The first-order valence-corrected chi connectivity index (χ1v) is 3.16. The third kappa shape index (κ3) is 3.04. The van der Waals surface area contributed by atoms with Gasteiger partial charge in [0.2, 0.25) is 0 Å². The van der Waals surface area contributed by atoms with E-state index >= 15 is 0 Å². The number of H-pyrrole nitrogens is 1. The predicted octanol–water partition coefficient (Wildman–Crippen LogP) is -0.638. The van der Waals surface area contributed by atoms with Crippen molar-refractivity contribution in [3.8, 4) is 0 Å². The van der Waals surface area contributed by atoms with Gasteiger partial charge in [-0.25, -0.2) is 4.98 Å². The molecule has 0 aromatic carbocycles. The minimum atomic E-state index is -1.00. The summed E-state index contributed by atoms with van der Waals surface area (Å²) in [5.74, 6) is -1.00. The fraction of sp³-hybridized carbons (Fsp3) is 0.333. The summed E-state index contributed by atoms with van der Waals surface area (Å²) in [7, 11) is 0. The number of nitrogens with one attached hydrogen (secondary N) is 1. The number of rotatable bonds is 3. The number of nitrogens with two attached hydrogens (primary N) is 1. The van der Waals surface area contributed by atoms with Gasteiger partial charge < -0.3 is 15.8 Å². The van der Waals surface area contributed by atoms with Crippen molar-refractivity contribution in [2.24, 2.45) is 5.73 Å². The fourth-order valence-corrected chi connectivity index (χ4v) is 0.721. The molecule has 1 rings (SSSR count). The van der Waals surface area contributed by atoms with Gasteiger partial charge in [0.05, 0.1) is 6.33 Å². The summed E-state index contributed by atoms with van der Waals surface area (Å²) < 4.78 is 0. The molecular weight excluding hydrogens is 202 g/mol. The Kier molecular flexibility index (Phi) is 4.58. The fourth-order valence-electron chi connectivity index (χ4n) is 0.721. The van der Waals surface area contributed by atoms with E-state index in [9.17, 15) is 4.79 Å². The number of aromatic amines is 1. The van der Waals surface area contributed by atoms with E-state index in [4.69, 9.17) is 10.8 Å². The monoisotopic (exact) mass is 211 g/mol. The van der Waals surface area contributed by atoms with Gasteiger partial charge in [0.25, 0.3) is 0 Å². The van der Waals surface area contributed by atoms with Gasteiger partial charge in [-0.2, -0.15) is 0 Å². The second-order valence-electron chi connectivity index (χ2n) is 2.23. The molecule has 0 aliphatic heterocycles. The summed E-state index contributed by atoms with van der Waals surface area (Å²) >= 11 is 0. The van der Waals surface area contributed by atoms with Crippen LogP contribution >= 0.6 is 0 Å². The molecule has 0 amide bonds. The molecule has 0 aliphatic rings. The smallest absolute Gasteiger partial charge is 0.320 e. The van der Waals surface area contributed by atoms with Crippen molar-refractivity contribution in [2.45, 2.75) is 12.5 Å². The van der Waals surface area contributed by atoms with Gasteiger partial charge in [0.1, 0.15) is 6.04 Å². The molecule has 6 heteroatoms. The zero-order valence-electron chi connectivity index (χ0n) is 6.17. The van der Waals surface area contributed by atoms with Crippen LogP contribution in [0.2, 0.25) is 0 Å². The first-order chi connectivity index (χ1) is 5.20. The van der Waals surface area contributed by atoms with Crippen molar-refractivity contribution < 1.29 is 27.0 Å². The summed E-state index contributed by atoms with van der Waals surface area (Å²) in [5, 5.41) is 8.42. The normalized spacial score (nSPS) is 11.8. The van der Waals surface area contributed by atoms with Crippen molar-refractivity contribution in [2.75, 3.05) is 0 Å². The van der Waals surface area contributed by atoms with E-state index in [1.165, 1.54) is 6.33 Å². The standard InChI is InChI=1S/C6H9N3O2.Fe/c7-5(6(10)11)1-4-2-8-3-9-4;/h2-3,5H,1,7H2,(H,8,9)(H,10,11);/t5-;/m0./s1. The van der Waals surface area contributed by atoms with E-state index in [0.29, 0.717) is 0 Å². The van der Waals surface area contributed by atoms with Gasteiger partial charge in [-0.15, -0.1) is 0 Å². The quantitative estimate of drug-likeness (QED) is 0.580. The van der Waals surface area contributed by atoms with Crippen LogP contribution in [0.5, 0.6) is 0 Å². The Morgan fingerprint density at radius 1 is 1.83 bits per heavy atom. The molecule has 1 atom stereocenters. The van der Waals surface area contributed by atoms with Crippen LogP contribution in [0, 0.1) is 0 Å². The molecule has 0 saturated carbocycles. The Morgan fingerprint density at radius 3 is 2.92 bits per heavy atom. The van der Waals surface area contributed by atoms with Gasteiger partial charge in [-0.3, -0.25) is 4.79 Å². The summed E-state index contributed by atoms with van der Waals surface area (Å²) in [6, 6.07) is -0.851. The Morgan fingerprint density at radius 2 is 2.50 bits per heavy atom. The Balaban J connectivity index is 0.00000121. The molecule has 1 aromatic rings. The number of nitrogens with zero attached hydrogens (tertiary/aromatic N) is 1. The van der Waals surface area contributed by atoms with Crippen molar-refractivity contribution in [3.05, 3.63) is 18.2 Å². The number of carbonyl (C=O) groups is 1. The van der Waals surface area contributed by atoms with E-state index in [2.05, 4.69) is 9.97 Å². The van der Waals surface area contributed by atoms with Crippen molar-refractivity contribution >= 4 is 5.97 Å². The SMILES string of the molecule is N[C@@H](Cc1cnc[nH]1)C(=O)O.[Fe]. The maximum atomic E-state index is 10.3. The average Bonchev–Trinajstić information content (AvgIpc) is 2.39. The summed E-state index contributed by atoms with van der Waals surface area (Å²) in [5.41, 5.74) is 6.00. The van der Waals surface area contributed by atoms with Crippen LogP contribution in [0.1, 0.15) is 5.69 Å². The van der Waals surface area contributed by atoms with Gasteiger partial charge in [0.15, 0.2) is 0 Å². The Labute approximate surface area is 79.8 Å². The van der Waals surface area contributed by atoms with Gasteiger partial charge in [0, 0.05) is 35.4 Å². The number of imidazole rings is 1. The van der Waals surface area contributed by atoms with Crippen LogP contribution in [0.15, 0.2) is 12.5 Å². The van der Waals surface area contributed by atoms with Gasteiger partial charge in [-0.1, -0.05) is 0 Å². The largest absolute Gasteiger partial charge is 0.480 e. The molecule has 0 unspecified atom stereocenters. The number of carboxylic acid groups (broad SMARTS) is 1. The first-order valence-electron chi connectivity index (χ1n) is 3.16. The number of carboxylic acids is 1. The van der Waals surface area contributed by atoms with Crippen LogP contribution in [-0.2, 0) is 28.3 Å². The van der Waals surface area contributed by atoms with E-state index in [1.807, 2.05) is 0 Å². The van der Waals surface area contributed by atoms with Gasteiger partial charge in [-0.05, 0) is 0 Å². The third-order valence-electron chi connectivity index (χ3n) is 1.31. The molecule has 4 N–H and O–H groups in total. The molecule has 0 spiro atoms. The molecular formula is C6H9FeN3O2. The Bertz CT molecular complexity index is 237. The number of hydrogen-bond donors (Lipinski definition) is 3. The van der Waals surface area contributed by atoms with E-state index in [0.717, 1.165) is 5.69 Å². The number of aromatic nitrogens is 2. The minimum Gasteiger partial charge on any atom is -0.480 e. The zero-order chi connectivity index (χ0) is 8.27. The number of hydrogen-bond acceptors (Lipinski definition) is 3. The molecule has 0 fully saturated rings. The molecule has 1 heterocycles. The van der Waals surface area contributed by atoms with Crippen LogP contribution in [0.25, 0.3) is 0 Å². The van der Waals surface area contributed by atoms with Crippen molar-refractivity contribution in [1.29, 1.82) is 0 Å². The third-order valence-corrected chi connectivity index (χ3v) is 1.31. The second kappa shape index (κ2) is 4.92. The second-order valence-corrected chi connectivity index (χ2v) is 2.23. The Hall–Kier alpha value is -0.841. The summed E-state index contributed by atoms with van der Waals surface area (Å²) in [6.45, 7) is 0. The van der Waals surface area contributed by atoms with Gasteiger partial charge >= 0.3 is 5.97 Å². The molecule has 5 nitrogen and oxygen atoms in total. The van der Waals surface area contributed by atoms with Crippen LogP contribution in [0.4, 0.5) is 0 Å². The molecule has 68 valence electrons. The van der Waals surface area contributed by atoms with Crippen molar-refractivity contribution in [1.82, 2.24) is 9.97 Å². The molecule has 0 saturated heterocycles. The molecule has 12 heavy (non-hydrogen) atoms. The average molecular weight is 211 g/mol. The molecule has 0 bridgehead atoms. The summed E-state index contributed by atoms with van der Waals surface area (Å²) in [4.78, 5) is 16.8. The number of aliphatic carboxylic acids is 1. The maximum absolute atomic E-state index is 10.3. The zero-order valence-corrected chi connectivity index (χ0v) is 7.28. The molecule has 1 aromatic heterocycles. The topological polar surface area (TPSA) is 92.0 Å². The minimum absolute atomic E-state index is 0. The van der Waals surface area contributed by atoms with Crippen LogP contribution < -0.4 is 5.73 Å². The maximum Gasteiger partial charge on any atom is 0.320 e. The van der Waals surface area contributed by atoms with E-state index in [1.54, 1.807) is 6.20 Å². The predicted molar refractivity (Wildman–Crippen MR) is 37.9 cm³/mol.